The van der Waals surface area contributed by atoms with Gasteiger partial charge >= 0.3 is 0 Å². The molecule has 0 bridgehead atoms. The largest absolute Gasteiger partial charge is 0.509 e. The van der Waals surface area contributed by atoms with Crippen LogP contribution in [-0.2, 0) is 26.5 Å². The molecule has 0 saturated carbocycles. The minimum Gasteiger partial charge on any atom is -0.509 e. The number of benzene rings is 8. The van der Waals surface area contributed by atoms with Crippen molar-refractivity contribution in [3.63, 3.8) is 0 Å². The van der Waals surface area contributed by atoms with Crippen molar-refractivity contribution in [2.24, 2.45) is 0 Å². The maximum atomic E-state index is 9.20. The molecule has 5 nitrogen and oxygen atoms in total. The number of aromatic nitrogens is 3. The Morgan fingerprint density at radius 2 is 1.37 bits per heavy atom. The van der Waals surface area contributed by atoms with Gasteiger partial charge < -0.3 is 18.8 Å². The maximum absolute atomic E-state index is 9.20. The SMILES string of the molecule is [2H]c1c([2H])c([2H])c(-c2cnc(-n3c4[c-]c(Oc5[c-]c(N6[CH-]n7c8c(C)cccc8c8cc(C)ccc8c8ccccc8c8cccc6c87)ccc5C(C)(C)C)ccc4c4c([2H])c([2H])c([2H])c([2H])c43)cc2C([2H])([2H])[2H])c([2H])c1[2H].[Pt]. The summed E-state index contributed by atoms with van der Waals surface area (Å²) >= 11 is 0. The normalized spacial score (nSPS) is 15.0. The van der Waals surface area contributed by atoms with Crippen molar-refractivity contribution in [3.05, 3.63) is 211 Å². The van der Waals surface area contributed by atoms with Gasteiger partial charge in [0, 0.05) is 59.6 Å². The van der Waals surface area contributed by atoms with Crippen molar-refractivity contribution in [2.45, 2.75) is 46.9 Å². The summed E-state index contributed by atoms with van der Waals surface area (Å²) in [4.78, 5) is 6.74. The summed E-state index contributed by atoms with van der Waals surface area (Å²) in [5.74, 6) is 0.467. The predicted octanol–water partition coefficient (Wildman–Crippen LogP) is 16.1. The summed E-state index contributed by atoms with van der Waals surface area (Å²) in [5, 5.41) is 7.09. The summed E-state index contributed by atoms with van der Waals surface area (Å²) in [5.41, 5.74) is 5.41. The van der Waals surface area contributed by atoms with Crippen LogP contribution in [0.25, 0.3) is 82.1 Å². The third kappa shape index (κ3) is 6.95. The molecule has 1 aliphatic rings. The summed E-state index contributed by atoms with van der Waals surface area (Å²) in [6, 6.07) is 38.5. The number of nitrogens with zero attached hydrogens (tertiary/aromatic N) is 4. The Balaban J connectivity index is 0.00000660. The molecule has 12 rings (SSSR count). The van der Waals surface area contributed by atoms with Gasteiger partial charge in [-0.15, -0.1) is 35.2 Å². The van der Waals surface area contributed by atoms with E-state index in [1.54, 1.807) is 12.1 Å². The van der Waals surface area contributed by atoms with E-state index in [0.717, 1.165) is 71.9 Å². The number of pyridine rings is 1. The number of ether oxygens (including phenoxy) is 1. The number of rotatable bonds is 5. The van der Waals surface area contributed by atoms with Crippen LogP contribution >= 0.6 is 0 Å². The van der Waals surface area contributed by atoms with E-state index in [-0.39, 0.29) is 66.2 Å². The quantitative estimate of drug-likeness (QED) is 0.161. The third-order valence-corrected chi connectivity index (χ3v) is 12.5. The smallest absolute Gasteiger partial charge is 0.135 e. The first-order valence-corrected chi connectivity index (χ1v) is 21.7. The zero-order chi connectivity index (χ0) is 55.2. The Bertz CT molecular complexity index is 4490. The van der Waals surface area contributed by atoms with Gasteiger partial charge in [-0.2, -0.15) is 12.1 Å². The van der Waals surface area contributed by atoms with Gasteiger partial charge in [0.05, 0.1) is 12.3 Å². The minimum absolute atomic E-state index is 0. The van der Waals surface area contributed by atoms with E-state index in [4.69, 9.17) is 19.8 Å². The first kappa shape index (κ1) is 30.8. The van der Waals surface area contributed by atoms with Gasteiger partial charge in [0.2, 0.25) is 0 Å². The van der Waals surface area contributed by atoms with Crippen LogP contribution in [0.1, 0.15) is 59.5 Å². The van der Waals surface area contributed by atoms with Gasteiger partial charge in [-0.05, 0) is 99.9 Å². The average Bonchev–Trinajstić information content (AvgIpc) is 4.17. The van der Waals surface area contributed by atoms with Crippen LogP contribution in [0, 0.1) is 39.5 Å². The number of anilines is 2. The van der Waals surface area contributed by atoms with Gasteiger partial charge in [-0.25, -0.2) is 4.98 Å². The number of hydrogen-bond acceptors (Lipinski definition) is 3. The topological polar surface area (TPSA) is 35.2 Å². The van der Waals surface area contributed by atoms with Gasteiger partial charge in [-0.3, -0.25) is 0 Å². The van der Waals surface area contributed by atoms with Gasteiger partial charge in [0.15, 0.2) is 0 Å². The molecule has 6 heteroatoms. The molecule has 0 aliphatic carbocycles. The van der Waals surface area contributed by atoms with E-state index in [0.29, 0.717) is 16.8 Å². The summed E-state index contributed by atoms with van der Waals surface area (Å²) < 4.78 is 114. The fourth-order valence-corrected chi connectivity index (χ4v) is 9.50. The minimum atomic E-state index is -2.92. The molecule has 3 aromatic heterocycles. The molecule has 1 aliphatic heterocycles. The summed E-state index contributed by atoms with van der Waals surface area (Å²) in [6.07, 6.45) is 1.12. The van der Waals surface area contributed by atoms with E-state index in [9.17, 15) is 1.37 Å². The van der Waals surface area contributed by atoms with Crippen molar-refractivity contribution in [3.8, 4) is 28.4 Å². The van der Waals surface area contributed by atoms with E-state index >= 15 is 0 Å². The molecule has 0 fully saturated rings. The van der Waals surface area contributed by atoms with Crippen LogP contribution in [0.15, 0.2) is 170 Å². The van der Waals surface area contributed by atoms with Gasteiger partial charge in [-0.1, -0.05) is 175 Å². The second-order valence-electron chi connectivity index (χ2n) is 17.8. The van der Waals surface area contributed by atoms with E-state index in [2.05, 4.69) is 147 Å². The van der Waals surface area contributed by atoms with Crippen molar-refractivity contribution in [1.29, 1.82) is 0 Å². The monoisotopic (exact) mass is 1060 g/mol. The van der Waals surface area contributed by atoms with Crippen molar-refractivity contribution < 1.29 is 42.3 Å². The molecule has 0 radical (unpaired) electrons. The van der Waals surface area contributed by atoms with E-state index in [1.165, 1.54) is 10.6 Å². The van der Waals surface area contributed by atoms with Gasteiger partial charge in [0.1, 0.15) is 5.82 Å². The molecule has 4 heterocycles. The van der Waals surface area contributed by atoms with Crippen molar-refractivity contribution in [2.75, 3.05) is 4.90 Å². The zero-order valence-corrected chi connectivity index (χ0v) is 39.3. The second kappa shape index (κ2) is 16.2. The molecule has 0 saturated heterocycles. The number of para-hydroxylation sites is 3. The first-order chi connectivity index (χ1) is 37.0. The molecule has 0 N–H and O–H groups in total. The molecular weight excluding hydrogens is 1000 g/mol. The zero-order valence-electron chi connectivity index (χ0n) is 49.1. The van der Waals surface area contributed by atoms with Crippen LogP contribution in [0.4, 0.5) is 11.4 Å². The van der Waals surface area contributed by atoms with Crippen LogP contribution in [-0.4, -0.2) is 14.1 Å². The summed E-state index contributed by atoms with van der Waals surface area (Å²) in [6.45, 7) is 9.64. The standard InChI is InChI=1S/C61H47N4O.Pt/c1-38-26-29-46-44-19-10-11-20-45(44)49-23-15-25-55-60(49)64(59-39(2)16-14-22-50(59)51(46)32-38)37-63(55)42-27-31-53(61(4,5)6)57(34-42)66-43-28-30-48-47-21-12-13-24-54(47)65(56(48)35-43)58-33-40(3)52(36-62-58)41-17-8-7-9-18-41;/h7-33,36-37H,1-6H3;/q-3;/i3D3,7D,8D,9D,12D,13D,17D,18D,21D,24D;. The number of hydrogen-bond donors (Lipinski definition) is 0. The molecule has 0 atom stereocenters. The Morgan fingerprint density at radius 3 is 2.18 bits per heavy atom. The molecule has 0 spiro atoms. The first-order valence-electron chi connectivity index (χ1n) is 27.7. The Morgan fingerprint density at radius 1 is 0.657 bits per heavy atom. The second-order valence-corrected chi connectivity index (χ2v) is 17.8. The van der Waals surface area contributed by atoms with E-state index in [1.807, 2.05) is 12.1 Å². The third-order valence-electron chi connectivity index (χ3n) is 12.5. The van der Waals surface area contributed by atoms with Gasteiger partial charge in [0.25, 0.3) is 0 Å². The average molecular weight is 1060 g/mol. The van der Waals surface area contributed by atoms with Crippen molar-refractivity contribution >= 4 is 76.5 Å². The molecule has 0 unspecified atom stereocenters. The maximum Gasteiger partial charge on any atom is 0.135 e. The molecule has 67 heavy (non-hydrogen) atoms. The van der Waals surface area contributed by atoms with E-state index < -0.39 is 66.2 Å². The number of fused-ring (bicyclic) bond motifs is 10. The number of aryl methyl sites for hydroxylation is 3. The molecular formula is C61H47N4OPt-3. The van der Waals surface area contributed by atoms with Crippen LogP contribution in [0.5, 0.6) is 11.5 Å². The summed E-state index contributed by atoms with van der Waals surface area (Å²) in [7, 11) is 0. The fraction of sp³-hybridized carbons (Fsp3) is 0.115. The van der Waals surface area contributed by atoms with Crippen LogP contribution < -0.4 is 9.64 Å². The Kier molecular flexibility index (Phi) is 7.46. The molecule has 0 amide bonds. The molecule has 11 aromatic rings. The fourth-order valence-electron chi connectivity index (χ4n) is 9.50. The van der Waals surface area contributed by atoms with Crippen LogP contribution in [0.2, 0.25) is 0 Å². The molecule has 330 valence electrons. The van der Waals surface area contributed by atoms with Crippen molar-refractivity contribution in [1.82, 2.24) is 14.1 Å². The molecule has 8 aromatic carbocycles. The Labute approximate surface area is 422 Å². The van der Waals surface area contributed by atoms with Crippen LogP contribution in [0.3, 0.4) is 0 Å². The predicted molar refractivity (Wildman–Crippen MR) is 275 cm³/mol. The Hall–Kier alpha value is -7.33.